The predicted octanol–water partition coefficient (Wildman–Crippen LogP) is 1.24. The van der Waals surface area contributed by atoms with E-state index in [1.807, 2.05) is 0 Å². The molecule has 0 aliphatic rings. The summed E-state index contributed by atoms with van der Waals surface area (Å²) in [4.78, 5) is 10.8. The van der Waals surface area contributed by atoms with Crippen LogP contribution in [-0.4, -0.2) is 31.3 Å². The SMILES string of the molecule is COc1ccc(N(C)[S+](C)[O-])cc1C=O. The summed E-state index contributed by atoms with van der Waals surface area (Å²) in [5, 5.41) is 0. The van der Waals surface area contributed by atoms with E-state index in [-0.39, 0.29) is 0 Å². The molecule has 1 rings (SSSR count). The fourth-order valence-electron chi connectivity index (χ4n) is 1.16. The number of rotatable bonds is 4. The number of carbonyl (C=O) groups is 1. The van der Waals surface area contributed by atoms with Gasteiger partial charge in [0.25, 0.3) is 0 Å². The van der Waals surface area contributed by atoms with E-state index >= 15 is 0 Å². The lowest BCUT2D eigenvalue weighted by Gasteiger charge is -2.19. The monoisotopic (exact) mass is 227 g/mol. The molecule has 0 N–H and O–H groups in total. The molecular weight excluding hydrogens is 214 g/mol. The smallest absolute Gasteiger partial charge is 0.153 e. The van der Waals surface area contributed by atoms with Crippen molar-refractivity contribution in [3.05, 3.63) is 23.8 Å². The summed E-state index contributed by atoms with van der Waals surface area (Å²) in [6.45, 7) is 0. The molecule has 4 nitrogen and oxygen atoms in total. The van der Waals surface area contributed by atoms with Crippen molar-refractivity contribution < 1.29 is 14.1 Å². The van der Waals surface area contributed by atoms with Crippen LogP contribution in [0.4, 0.5) is 5.69 Å². The van der Waals surface area contributed by atoms with Crippen molar-refractivity contribution in [1.82, 2.24) is 0 Å². The van der Waals surface area contributed by atoms with Gasteiger partial charge in [-0.2, -0.15) is 4.31 Å². The number of nitrogens with zero attached hydrogens (tertiary/aromatic N) is 1. The number of anilines is 1. The third-order valence-corrected chi connectivity index (χ3v) is 3.07. The molecule has 1 aromatic rings. The summed E-state index contributed by atoms with van der Waals surface area (Å²) in [5.74, 6) is 0.518. The first-order valence-electron chi connectivity index (χ1n) is 4.30. The van der Waals surface area contributed by atoms with Gasteiger partial charge in [0, 0.05) is 0 Å². The van der Waals surface area contributed by atoms with Crippen LogP contribution in [0.5, 0.6) is 5.75 Å². The van der Waals surface area contributed by atoms with Gasteiger partial charge in [0.2, 0.25) is 0 Å². The van der Waals surface area contributed by atoms with E-state index in [4.69, 9.17) is 4.74 Å². The van der Waals surface area contributed by atoms with Crippen molar-refractivity contribution in [3.8, 4) is 5.75 Å². The molecule has 1 atom stereocenters. The van der Waals surface area contributed by atoms with Crippen molar-refractivity contribution in [2.24, 2.45) is 0 Å². The quantitative estimate of drug-likeness (QED) is 0.573. The van der Waals surface area contributed by atoms with Gasteiger partial charge >= 0.3 is 0 Å². The first-order valence-corrected chi connectivity index (χ1v) is 5.82. The number of methoxy groups -OCH3 is 1. The molecule has 1 aromatic carbocycles. The summed E-state index contributed by atoms with van der Waals surface area (Å²) < 4.78 is 17.8. The topological polar surface area (TPSA) is 52.6 Å². The van der Waals surface area contributed by atoms with E-state index in [1.54, 1.807) is 35.8 Å². The number of hydrogen-bond donors (Lipinski definition) is 0. The highest BCUT2D eigenvalue weighted by Crippen LogP contribution is 2.24. The van der Waals surface area contributed by atoms with Crippen LogP contribution in [0.25, 0.3) is 0 Å². The van der Waals surface area contributed by atoms with Gasteiger partial charge in [0.05, 0.1) is 36.8 Å². The molecular formula is C10H13NO3S. The molecule has 5 heteroatoms. The van der Waals surface area contributed by atoms with Gasteiger partial charge in [-0.1, -0.05) is 0 Å². The Hall–Kier alpha value is -1.20. The maximum Gasteiger partial charge on any atom is 0.153 e. The lowest BCUT2D eigenvalue weighted by atomic mass is 10.2. The maximum absolute atomic E-state index is 11.2. The van der Waals surface area contributed by atoms with Gasteiger partial charge < -0.3 is 9.29 Å². The Balaban J connectivity index is 3.08. The average molecular weight is 227 g/mol. The van der Waals surface area contributed by atoms with E-state index in [0.29, 0.717) is 11.3 Å². The molecule has 0 heterocycles. The molecule has 0 amide bonds. The van der Waals surface area contributed by atoms with Gasteiger partial charge in [-0.25, -0.2) is 0 Å². The summed E-state index contributed by atoms with van der Waals surface area (Å²) >= 11 is -1.10. The van der Waals surface area contributed by atoms with Gasteiger partial charge in [-0.05, 0) is 18.2 Å². The molecule has 0 bridgehead atoms. The van der Waals surface area contributed by atoms with E-state index < -0.39 is 11.4 Å². The highest BCUT2D eigenvalue weighted by atomic mass is 32.2. The van der Waals surface area contributed by atoms with Crippen LogP contribution in [0.15, 0.2) is 18.2 Å². The minimum Gasteiger partial charge on any atom is -0.593 e. The largest absolute Gasteiger partial charge is 0.593 e. The third-order valence-electron chi connectivity index (χ3n) is 2.09. The van der Waals surface area contributed by atoms with Crippen molar-refractivity contribution in [1.29, 1.82) is 0 Å². The average Bonchev–Trinajstić information content (AvgIpc) is 2.26. The second-order valence-electron chi connectivity index (χ2n) is 2.97. The molecule has 1 unspecified atom stereocenters. The zero-order chi connectivity index (χ0) is 11.4. The Morgan fingerprint density at radius 1 is 1.53 bits per heavy atom. The van der Waals surface area contributed by atoms with Crippen LogP contribution in [0, 0.1) is 0 Å². The second kappa shape index (κ2) is 5.04. The molecule has 15 heavy (non-hydrogen) atoms. The molecule has 0 aliphatic carbocycles. The van der Waals surface area contributed by atoms with Crippen LogP contribution >= 0.6 is 0 Å². The molecule has 0 spiro atoms. The molecule has 0 saturated carbocycles. The van der Waals surface area contributed by atoms with E-state index in [0.717, 1.165) is 12.0 Å². The van der Waals surface area contributed by atoms with Gasteiger partial charge in [-0.3, -0.25) is 4.79 Å². The van der Waals surface area contributed by atoms with Crippen molar-refractivity contribution in [3.63, 3.8) is 0 Å². The van der Waals surface area contributed by atoms with Gasteiger partial charge in [0.15, 0.2) is 6.29 Å². The van der Waals surface area contributed by atoms with Crippen molar-refractivity contribution in [2.45, 2.75) is 0 Å². The second-order valence-corrected chi connectivity index (χ2v) is 4.36. The van der Waals surface area contributed by atoms with Crippen molar-refractivity contribution in [2.75, 3.05) is 24.7 Å². The van der Waals surface area contributed by atoms with Crippen LogP contribution in [0.3, 0.4) is 0 Å². The standard InChI is InChI=1S/C10H13NO3S/c1-11(15(3)13)9-4-5-10(14-2)8(6-9)7-12/h4-7H,1-3H3. The minimum absolute atomic E-state index is 0.451. The highest BCUT2D eigenvalue weighted by molar-refractivity contribution is 7.92. The van der Waals surface area contributed by atoms with E-state index in [2.05, 4.69) is 0 Å². The third kappa shape index (κ3) is 2.64. The zero-order valence-corrected chi connectivity index (χ0v) is 9.71. The first-order chi connectivity index (χ1) is 7.10. The number of carbonyl (C=O) groups excluding carboxylic acids is 1. The molecule has 0 aromatic heterocycles. The first kappa shape index (κ1) is 11.9. The summed E-state index contributed by atoms with van der Waals surface area (Å²) in [7, 11) is 3.20. The fourth-order valence-corrected chi connectivity index (χ4v) is 1.57. The highest BCUT2D eigenvalue weighted by Gasteiger charge is 2.12. The van der Waals surface area contributed by atoms with E-state index in [9.17, 15) is 9.35 Å². The lowest BCUT2D eigenvalue weighted by Crippen LogP contribution is -2.24. The van der Waals surface area contributed by atoms with Gasteiger partial charge in [0.1, 0.15) is 12.0 Å². The fraction of sp³-hybridized carbons (Fsp3) is 0.300. The molecule has 0 fully saturated rings. The van der Waals surface area contributed by atoms with Crippen molar-refractivity contribution >= 4 is 23.3 Å². The minimum atomic E-state index is -1.10. The van der Waals surface area contributed by atoms with Crippen LogP contribution < -0.4 is 9.04 Å². The Bertz CT molecular complexity index is 355. The van der Waals surface area contributed by atoms with Crippen LogP contribution in [0.1, 0.15) is 10.4 Å². The van der Waals surface area contributed by atoms with Crippen LogP contribution in [0.2, 0.25) is 0 Å². The number of hydrogen-bond acceptors (Lipinski definition) is 4. The number of ether oxygens (including phenoxy) is 1. The lowest BCUT2D eigenvalue weighted by molar-refractivity contribution is 0.112. The summed E-state index contributed by atoms with van der Waals surface area (Å²) in [6.07, 6.45) is 2.29. The Kier molecular flexibility index (Phi) is 3.99. The molecule has 82 valence electrons. The zero-order valence-electron chi connectivity index (χ0n) is 8.89. The number of benzene rings is 1. The maximum atomic E-state index is 11.2. The van der Waals surface area contributed by atoms with E-state index in [1.165, 1.54) is 7.11 Å². The Morgan fingerprint density at radius 3 is 2.67 bits per heavy atom. The normalized spacial score (nSPS) is 12.0. The molecule has 0 aliphatic heterocycles. The molecule has 0 saturated heterocycles. The van der Waals surface area contributed by atoms with Gasteiger partial charge in [-0.15, -0.1) is 0 Å². The summed E-state index contributed by atoms with van der Waals surface area (Å²) in [5.41, 5.74) is 1.17. The predicted molar refractivity (Wildman–Crippen MR) is 60.9 cm³/mol. The Morgan fingerprint density at radius 2 is 2.20 bits per heavy atom. The molecule has 0 radical (unpaired) electrons. The summed E-state index contributed by atoms with van der Waals surface area (Å²) in [6, 6.07) is 5.09. The van der Waals surface area contributed by atoms with Crippen LogP contribution in [-0.2, 0) is 11.4 Å². The number of aldehydes is 1. The Labute approximate surface area is 92.2 Å².